The lowest BCUT2D eigenvalue weighted by atomic mass is 10.0. The van der Waals surface area contributed by atoms with Crippen LogP contribution in [-0.2, 0) is 4.79 Å². The molecule has 2 atom stereocenters. The van der Waals surface area contributed by atoms with Crippen molar-refractivity contribution in [1.82, 2.24) is 9.80 Å². The minimum absolute atomic E-state index is 0.363. The summed E-state index contributed by atoms with van der Waals surface area (Å²) in [6.45, 7) is 4.46. The number of carbonyl (C=O) groups excluding carboxylic acids is 1. The molecule has 1 aliphatic heterocycles. The van der Waals surface area contributed by atoms with E-state index in [4.69, 9.17) is 0 Å². The van der Waals surface area contributed by atoms with Gasteiger partial charge in [-0.25, -0.2) is 0 Å². The molecule has 1 saturated heterocycles. The first-order chi connectivity index (χ1) is 8.24. The Morgan fingerprint density at radius 2 is 1.82 bits per heavy atom. The molecular weight excluding hydrogens is 212 g/mol. The zero-order chi connectivity index (χ0) is 11.8. The van der Waals surface area contributed by atoms with Crippen LogP contribution in [0.3, 0.4) is 0 Å². The van der Waals surface area contributed by atoms with E-state index in [9.17, 15) is 4.79 Å². The smallest absolute Gasteiger partial charge is 0.225 e. The first kappa shape index (κ1) is 11.5. The molecule has 0 aromatic heterocycles. The van der Waals surface area contributed by atoms with Crippen LogP contribution < -0.4 is 0 Å². The van der Waals surface area contributed by atoms with Crippen LogP contribution >= 0.6 is 0 Å². The standard InChI is InChI=1S/C14H24N2O/c1-15(6-7-16-4-2-3-5-16)14(17)13-9-11-8-12(11)10-13/h11-13H,2-10H2,1H3. The third-order valence-corrected chi connectivity index (χ3v) is 4.92. The van der Waals surface area contributed by atoms with Crippen LogP contribution in [0.2, 0.25) is 0 Å². The van der Waals surface area contributed by atoms with Crippen LogP contribution in [0.1, 0.15) is 32.1 Å². The van der Waals surface area contributed by atoms with Crippen LogP contribution in [0.15, 0.2) is 0 Å². The minimum Gasteiger partial charge on any atom is -0.344 e. The molecule has 3 fully saturated rings. The minimum atomic E-state index is 0.363. The Hall–Kier alpha value is -0.570. The second-order valence-electron chi connectivity index (χ2n) is 6.23. The number of hydrogen-bond donors (Lipinski definition) is 0. The van der Waals surface area contributed by atoms with Crippen molar-refractivity contribution in [1.29, 1.82) is 0 Å². The zero-order valence-electron chi connectivity index (χ0n) is 10.9. The Labute approximate surface area is 104 Å². The number of amides is 1. The Bertz CT molecular complexity index is 289. The van der Waals surface area contributed by atoms with E-state index < -0.39 is 0 Å². The van der Waals surface area contributed by atoms with E-state index in [0.717, 1.165) is 24.9 Å². The maximum Gasteiger partial charge on any atom is 0.225 e. The van der Waals surface area contributed by atoms with E-state index in [1.165, 1.54) is 45.2 Å². The molecule has 3 aliphatic rings. The van der Waals surface area contributed by atoms with Crippen LogP contribution in [0.4, 0.5) is 0 Å². The first-order valence-corrected chi connectivity index (χ1v) is 7.21. The summed E-state index contributed by atoms with van der Waals surface area (Å²) >= 11 is 0. The normalized spacial score (nSPS) is 35.9. The fourth-order valence-corrected chi connectivity index (χ4v) is 3.64. The first-order valence-electron chi connectivity index (χ1n) is 7.21. The molecule has 2 saturated carbocycles. The van der Waals surface area contributed by atoms with Crippen molar-refractivity contribution < 1.29 is 4.79 Å². The van der Waals surface area contributed by atoms with Gasteiger partial charge in [-0.05, 0) is 57.0 Å². The van der Waals surface area contributed by atoms with Gasteiger partial charge >= 0.3 is 0 Å². The molecular formula is C14H24N2O. The lowest BCUT2D eigenvalue weighted by Crippen LogP contribution is -2.38. The topological polar surface area (TPSA) is 23.6 Å². The van der Waals surface area contributed by atoms with Crippen molar-refractivity contribution in [3.8, 4) is 0 Å². The van der Waals surface area contributed by atoms with E-state index >= 15 is 0 Å². The zero-order valence-corrected chi connectivity index (χ0v) is 10.9. The molecule has 3 rings (SSSR count). The third-order valence-electron chi connectivity index (χ3n) is 4.92. The number of hydrogen-bond acceptors (Lipinski definition) is 2. The maximum atomic E-state index is 12.2. The number of carbonyl (C=O) groups is 1. The molecule has 0 bridgehead atoms. The second kappa shape index (κ2) is 4.60. The molecule has 1 heterocycles. The summed E-state index contributed by atoms with van der Waals surface area (Å²) in [5, 5.41) is 0. The van der Waals surface area contributed by atoms with Crippen LogP contribution in [0.5, 0.6) is 0 Å². The van der Waals surface area contributed by atoms with E-state index in [-0.39, 0.29) is 0 Å². The van der Waals surface area contributed by atoms with Crippen LogP contribution in [-0.4, -0.2) is 48.9 Å². The molecule has 2 aliphatic carbocycles. The van der Waals surface area contributed by atoms with Gasteiger partial charge in [-0.2, -0.15) is 0 Å². The van der Waals surface area contributed by atoms with Crippen molar-refractivity contribution in [2.75, 3.05) is 33.2 Å². The van der Waals surface area contributed by atoms with Gasteiger partial charge < -0.3 is 9.80 Å². The Morgan fingerprint density at radius 3 is 2.47 bits per heavy atom. The number of likely N-dealkylation sites (tertiary alicyclic amines) is 1. The molecule has 0 aromatic rings. The van der Waals surface area contributed by atoms with Gasteiger partial charge in [-0.3, -0.25) is 4.79 Å². The molecule has 96 valence electrons. The van der Waals surface area contributed by atoms with Gasteiger partial charge in [0.15, 0.2) is 0 Å². The largest absolute Gasteiger partial charge is 0.344 e. The van der Waals surface area contributed by atoms with Gasteiger partial charge in [0, 0.05) is 26.1 Å². The highest BCUT2D eigenvalue weighted by Crippen LogP contribution is 2.54. The van der Waals surface area contributed by atoms with E-state index in [1.54, 1.807) is 0 Å². The number of fused-ring (bicyclic) bond motifs is 1. The summed E-state index contributed by atoms with van der Waals surface area (Å²) in [6.07, 6.45) is 6.43. The van der Waals surface area contributed by atoms with Crippen molar-refractivity contribution in [2.45, 2.75) is 32.1 Å². The quantitative estimate of drug-likeness (QED) is 0.740. The summed E-state index contributed by atoms with van der Waals surface area (Å²) in [7, 11) is 1.99. The molecule has 3 heteroatoms. The summed E-state index contributed by atoms with van der Waals surface area (Å²) < 4.78 is 0. The highest BCUT2D eigenvalue weighted by atomic mass is 16.2. The van der Waals surface area contributed by atoms with Crippen LogP contribution in [0, 0.1) is 17.8 Å². The Morgan fingerprint density at radius 1 is 1.18 bits per heavy atom. The van der Waals surface area contributed by atoms with Crippen molar-refractivity contribution in [3.05, 3.63) is 0 Å². The second-order valence-corrected chi connectivity index (χ2v) is 6.23. The number of rotatable bonds is 4. The molecule has 0 spiro atoms. The summed E-state index contributed by atoms with van der Waals surface area (Å²) in [6, 6.07) is 0. The fraction of sp³-hybridized carbons (Fsp3) is 0.929. The fourth-order valence-electron chi connectivity index (χ4n) is 3.64. The highest BCUT2D eigenvalue weighted by molar-refractivity contribution is 5.79. The predicted molar refractivity (Wildman–Crippen MR) is 67.6 cm³/mol. The predicted octanol–water partition coefficient (Wildman–Crippen LogP) is 1.59. The van der Waals surface area contributed by atoms with Gasteiger partial charge in [0.25, 0.3) is 0 Å². The SMILES string of the molecule is CN(CCN1CCCC1)C(=O)C1CC2CC2C1. The molecule has 3 nitrogen and oxygen atoms in total. The van der Waals surface area contributed by atoms with E-state index in [0.29, 0.717) is 11.8 Å². The van der Waals surface area contributed by atoms with Gasteiger partial charge in [0.1, 0.15) is 0 Å². The Balaban J connectivity index is 1.41. The van der Waals surface area contributed by atoms with Gasteiger partial charge in [-0.15, -0.1) is 0 Å². The number of nitrogens with zero attached hydrogens (tertiary/aromatic N) is 2. The Kier molecular flexibility index (Phi) is 3.12. The highest BCUT2D eigenvalue weighted by Gasteiger charge is 2.48. The average Bonchev–Trinajstić information content (AvgIpc) is 2.81. The summed E-state index contributed by atoms with van der Waals surface area (Å²) in [4.78, 5) is 16.7. The van der Waals surface area contributed by atoms with Gasteiger partial charge in [0.05, 0.1) is 0 Å². The number of likely N-dealkylation sites (N-methyl/N-ethyl adjacent to an activating group) is 1. The third kappa shape index (κ3) is 2.49. The summed E-state index contributed by atoms with van der Waals surface area (Å²) in [5.74, 6) is 2.60. The van der Waals surface area contributed by atoms with E-state index in [1.807, 2.05) is 11.9 Å². The molecule has 0 radical (unpaired) electrons. The monoisotopic (exact) mass is 236 g/mol. The molecule has 17 heavy (non-hydrogen) atoms. The van der Waals surface area contributed by atoms with Gasteiger partial charge in [0.2, 0.25) is 5.91 Å². The average molecular weight is 236 g/mol. The molecule has 0 aromatic carbocycles. The lowest BCUT2D eigenvalue weighted by molar-refractivity contribution is -0.134. The maximum absolute atomic E-state index is 12.2. The molecule has 0 N–H and O–H groups in total. The lowest BCUT2D eigenvalue weighted by Gasteiger charge is -2.24. The van der Waals surface area contributed by atoms with Crippen molar-refractivity contribution >= 4 is 5.91 Å². The van der Waals surface area contributed by atoms with E-state index in [2.05, 4.69) is 4.90 Å². The van der Waals surface area contributed by atoms with Gasteiger partial charge in [-0.1, -0.05) is 0 Å². The summed E-state index contributed by atoms with van der Waals surface area (Å²) in [5.41, 5.74) is 0. The van der Waals surface area contributed by atoms with Crippen molar-refractivity contribution in [3.63, 3.8) is 0 Å². The van der Waals surface area contributed by atoms with Crippen molar-refractivity contribution in [2.24, 2.45) is 17.8 Å². The molecule has 1 amide bonds. The molecule has 2 unspecified atom stereocenters. The van der Waals surface area contributed by atoms with Crippen LogP contribution in [0.25, 0.3) is 0 Å².